The lowest BCUT2D eigenvalue weighted by molar-refractivity contribution is 0.354. The van der Waals surface area contributed by atoms with Gasteiger partial charge in [0.25, 0.3) is 0 Å². The summed E-state index contributed by atoms with van der Waals surface area (Å²) in [5.41, 5.74) is 1.59. The number of nitrogens with zero attached hydrogens (tertiary/aromatic N) is 1. The Morgan fingerprint density at radius 1 is 1.31 bits per heavy atom. The fourth-order valence-corrected chi connectivity index (χ4v) is 2.09. The molecule has 0 radical (unpaired) electrons. The first-order valence-electron chi connectivity index (χ1n) is 6.28. The van der Waals surface area contributed by atoms with Crippen LogP contribution in [0, 0.1) is 0 Å². The molecular formula is C14H24N2. The number of pyridine rings is 1. The van der Waals surface area contributed by atoms with Crippen LogP contribution in [0.4, 0.5) is 0 Å². The second-order valence-electron chi connectivity index (χ2n) is 4.76. The zero-order chi connectivity index (χ0) is 12.0. The minimum Gasteiger partial charge on any atom is -0.314 e. The molecule has 0 aliphatic rings. The number of aromatic nitrogens is 1. The number of hydrogen-bond donors (Lipinski definition) is 1. The molecule has 1 heterocycles. The molecule has 1 rings (SSSR count). The molecule has 2 heteroatoms. The summed E-state index contributed by atoms with van der Waals surface area (Å²) >= 11 is 0. The SMILES string of the molecule is CCC(CC)(CNC(C)C)c1cccnc1. The molecule has 0 amide bonds. The minimum atomic E-state index is 0.235. The zero-order valence-corrected chi connectivity index (χ0v) is 11.0. The summed E-state index contributed by atoms with van der Waals surface area (Å²) in [4.78, 5) is 4.25. The summed E-state index contributed by atoms with van der Waals surface area (Å²) in [5, 5.41) is 3.56. The monoisotopic (exact) mass is 220 g/mol. The van der Waals surface area contributed by atoms with Crippen LogP contribution in [0.25, 0.3) is 0 Å². The van der Waals surface area contributed by atoms with Crippen LogP contribution in [0.15, 0.2) is 24.5 Å². The number of hydrogen-bond acceptors (Lipinski definition) is 2. The van der Waals surface area contributed by atoms with Crippen LogP contribution < -0.4 is 5.32 Å². The summed E-state index contributed by atoms with van der Waals surface area (Å²) in [6, 6.07) is 4.77. The Hall–Kier alpha value is -0.890. The van der Waals surface area contributed by atoms with Crippen molar-refractivity contribution in [2.45, 2.75) is 52.0 Å². The average Bonchev–Trinajstić information content (AvgIpc) is 2.32. The van der Waals surface area contributed by atoms with Crippen LogP contribution >= 0.6 is 0 Å². The van der Waals surface area contributed by atoms with Gasteiger partial charge in [0, 0.05) is 30.4 Å². The molecule has 0 unspecified atom stereocenters. The van der Waals surface area contributed by atoms with Crippen molar-refractivity contribution in [2.75, 3.05) is 6.54 Å². The Kier molecular flexibility index (Phi) is 4.94. The lowest BCUT2D eigenvalue weighted by Crippen LogP contribution is -2.40. The molecule has 0 saturated carbocycles. The van der Waals surface area contributed by atoms with Crippen molar-refractivity contribution in [3.05, 3.63) is 30.1 Å². The highest BCUT2D eigenvalue weighted by atomic mass is 14.9. The van der Waals surface area contributed by atoms with E-state index < -0.39 is 0 Å². The third kappa shape index (κ3) is 3.05. The molecule has 1 aromatic heterocycles. The van der Waals surface area contributed by atoms with Crippen molar-refractivity contribution in [3.8, 4) is 0 Å². The molecule has 16 heavy (non-hydrogen) atoms. The van der Waals surface area contributed by atoms with Crippen LogP contribution in [0.1, 0.15) is 46.1 Å². The topological polar surface area (TPSA) is 24.9 Å². The molecule has 0 atom stereocenters. The summed E-state index contributed by atoms with van der Waals surface area (Å²) in [6.45, 7) is 9.94. The van der Waals surface area contributed by atoms with Gasteiger partial charge in [-0.05, 0) is 24.5 Å². The number of nitrogens with one attached hydrogen (secondary N) is 1. The maximum absolute atomic E-state index is 4.25. The van der Waals surface area contributed by atoms with Gasteiger partial charge >= 0.3 is 0 Å². The highest BCUT2D eigenvalue weighted by Gasteiger charge is 2.28. The standard InChI is InChI=1S/C14H24N2/c1-5-14(6-2,11-16-12(3)4)13-8-7-9-15-10-13/h7-10,12,16H,5-6,11H2,1-4H3. The van der Waals surface area contributed by atoms with Gasteiger partial charge in [-0.25, -0.2) is 0 Å². The largest absolute Gasteiger partial charge is 0.314 e. The van der Waals surface area contributed by atoms with Gasteiger partial charge < -0.3 is 5.32 Å². The van der Waals surface area contributed by atoms with Crippen molar-refractivity contribution >= 4 is 0 Å². The molecule has 0 aliphatic heterocycles. The predicted octanol–water partition coefficient (Wildman–Crippen LogP) is 3.14. The molecule has 0 fully saturated rings. The lowest BCUT2D eigenvalue weighted by Gasteiger charge is -2.33. The highest BCUT2D eigenvalue weighted by molar-refractivity contribution is 5.22. The van der Waals surface area contributed by atoms with E-state index in [1.54, 1.807) is 0 Å². The van der Waals surface area contributed by atoms with Gasteiger partial charge in [0.2, 0.25) is 0 Å². The van der Waals surface area contributed by atoms with Gasteiger partial charge in [0.15, 0.2) is 0 Å². The molecule has 0 bridgehead atoms. The zero-order valence-electron chi connectivity index (χ0n) is 11.0. The summed E-state index contributed by atoms with van der Waals surface area (Å²) in [5.74, 6) is 0. The van der Waals surface area contributed by atoms with Crippen molar-refractivity contribution in [1.29, 1.82) is 0 Å². The fourth-order valence-electron chi connectivity index (χ4n) is 2.09. The maximum atomic E-state index is 4.25. The van der Waals surface area contributed by atoms with Gasteiger partial charge in [-0.1, -0.05) is 33.8 Å². The first-order chi connectivity index (χ1) is 7.64. The maximum Gasteiger partial charge on any atom is 0.0306 e. The van der Waals surface area contributed by atoms with E-state index in [1.165, 1.54) is 5.56 Å². The first kappa shape index (κ1) is 13.2. The molecule has 0 saturated heterocycles. The van der Waals surface area contributed by atoms with E-state index in [0.29, 0.717) is 6.04 Å². The molecule has 90 valence electrons. The molecule has 2 nitrogen and oxygen atoms in total. The van der Waals surface area contributed by atoms with Crippen molar-refractivity contribution in [3.63, 3.8) is 0 Å². The second-order valence-corrected chi connectivity index (χ2v) is 4.76. The third-order valence-electron chi connectivity index (χ3n) is 3.48. The quantitative estimate of drug-likeness (QED) is 0.796. The third-order valence-corrected chi connectivity index (χ3v) is 3.48. The number of rotatable bonds is 6. The minimum absolute atomic E-state index is 0.235. The molecule has 0 aromatic carbocycles. The molecule has 0 spiro atoms. The second kappa shape index (κ2) is 6.00. The Morgan fingerprint density at radius 3 is 2.44 bits per heavy atom. The van der Waals surface area contributed by atoms with Crippen LogP contribution in [0.3, 0.4) is 0 Å². The van der Waals surface area contributed by atoms with Gasteiger partial charge in [0.05, 0.1) is 0 Å². The Balaban J connectivity index is 2.87. The smallest absolute Gasteiger partial charge is 0.0306 e. The summed E-state index contributed by atoms with van der Waals surface area (Å²) < 4.78 is 0. The van der Waals surface area contributed by atoms with E-state index in [9.17, 15) is 0 Å². The highest BCUT2D eigenvalue weighted by Crippen LogP contribution is 2.30. The van der Waals surface area contributed by atoms with Crippen molar-refractivity contribution in [1.82, 2.24) is 10.3 Å². The molecule has 1 aromatic rings. The fraction of sp³-hybridized carbons (Fsp3) is 0.643. The van der Waals surface area contributed by atoms with Gasteiger partial charge in [0.1, 0.15) is 0 Å². The van der Waals surface area contributed by atoms with Gasteiger partial charge in [-0.2, -0.15) is 0 Å². The first-order valence-corrected chi connectivity index (χ1v) is 6.28. The van der Waals surface area contributed by atoms with E-state index in [0.717, 1.165) is 19.4 Å². The predicted molar refractivity (Wildman–Crippen MR) is 69.6 cm³/mol. The Bertz CT molecular complexity index is 289. The summed E-state index contributed by atoms with van der Waals surface area (Å²) in [6.07, 6.45) is 6.15. The summed E-state index contributed by atoms with van der Waals surface area (Å²) in [7, 11) is 0. The average molecular weight is 220 g/mol. The normalized spacial score (nSPS) is 12.1. The van der Waals surface area contributed by atoms with E-state index in [4.69, 9.17) is 0 Å². The van der Waals surface area contributed by atoms with Crippen LogP contribution in [0.5, 0.6) is 0 Å². The van der Waals surface area contributed by atoms with Crippen LogP contribution in [-0.2, 0) is 5.41 Å². The Labute approximate surface area is 99.5 Å². The van der Waals surface area contributed by atoms with Crippen LogP contribution in [-0.4, -0.2) is 17.6 Å². The van der Waals surface area contributed by atoms with E-state index in [1.807, 2.05) is 18.5 Å². The van der Waals surface area contributed by atoms with E-state index in [-0.39, 0.29) is 5.41 Å². The van der Waals surface area contributed by atoms with Crippen LogP contribution in [0.2, 0.25) is 0 Å². The molecule has 1 N–H and O–H groups in total. The van der Waals surface area contributed by atoms with E-state index >= 15 is 0 Å². The van der Waals surface area contributed by atoms with E-state index in [2.05, 4.69) is 44.1 Å². The lowest BCUT2D eigenvalue weighted by atomic mass is 9.76. The molecule has 0 aliphatic carbocycles. The molecular weight excluding hydrogens is 196 g/mol. The van der Waals surface area contributed by atoms with Crippen molar-refractivity contribution in [2.24, 2.45) is 0 Å². The van der Waals surface area contributed by atoms with Gasteiger partial charge in [-0.3, -0.25) is 4.98 Å². The van der Waals surface area contributed by atoms with Gasteiger partial charge in [-0.15, -0.1) is 0 Å². The van der Waals surface area contributed by atoms with Crippen molar-refractivity contribution < 1.29 is 0 Å². The Morgan fingerprint density at radius 2 is 2.00 bits per heavy atom.